The highest BCUT2D eigenvalue weighted by atomic mass is 16.7. The van der Waals surface area contributed by atoms with Crippen molar-refractivity contribution in [3.05, 3.63) is 17.0 Å². The number of amides is 1. The molecule has 1 amide bonds. The van der Waals surface area contributed by atoms with Gasteiger partial charge in [0.15, 0.2) is 0 Å². The number of nitrogens with zero attached hydrogens (tertiary/aromatic N) is 3. The Labute approximate surface area is 126 Å². The zero-order valence-corrected chi connectivity index (χ0v) is 13.5. The first kappa shape index (κ1) is 16.0. The predicted molar refractivity (Wildman–Crippen MR) is 80.5 cm³/mol. The highest BCUT2D eigenvalue weighted by Crippen LogP contribution is 2.20. The Morgan fingerprint density at radius 3 is 2.57 bits per heavy atom. The lowest BCUT2D eigenvalue weighted by Crippen LogP contribution is -2.35. The maximum Gasteiger partial charge on any atom is 0.220 e. The molecule has 1 aromatic heterocycles. The summed E-state index contributed by atoms with van der Waals surface area (Å²) in [5, 5.41) is 9.35. The summed E-state index contributed by atoms with van der Waals surface area (Å²) in [6, 6.07) is 0. The van der Waals surface area contributed by atoms with Gasteiger partial charge in [-0.3, -0.25) is 9.48 Å². The second kappa shape index (κ2) is 7.04. The molecule has 2 heterocycles. The number of carbonyl (C=O) groups excluding carboxylic acids is 1. The van der Waals surface area contributed by atoms with Gasteiger partial charge in [0.05, 0.1) is 12.8 Å². The number of hydrogen-bond donors (Lipinski definition) is 1. The number of aromatic nitrogens is 2. The standard InChI is InChI=1S/C15H26N4O2/c1-11-14(12(2)18(3)17-11)10-16-15(20)9-13-5-7-19(21-4)8-6-13/h13H,5-10H2,1-4H3,(H,16,20). The molecule has 21 heavy (non-hydrogen) atoms. The van der Waals surface area contributed by atoms with Crippen molar-refractivity contribution < 1.29 is 9.63 Å². The molecule has 0 saturated carbocycles. The van der Waals surface area contributed by atoms with Crippen LogP contribution in [0.4, 0.5) is 0 Å². The monoisotopic (exact) mass is 294 g/mol. The minimum Gasteiger partial charge on any atom is -0.352 e. The molecule has 0 atom stereocenters. The molecule has 6 nitrogen and oxygen atoms in total. The van der Waals surface area contributed by atoms with Crippen LogP contribution in [-0.2, 0) is 23.2 Å². The van der Waals surface area contributed by atoms with Crippen LogP contribution in [0, 0.1) is 19.8 Å². The van der Waals surface area contributed by atoms with E-state index in [9.17, 15) is 4.79 Å². The van der Waals surface area contributed by atoms with Crippen molar-refractivity contribution in [1.82, 2.24) is 20.2 Å². The Morgan fingerprint density at radius 2 is 2.05 bits per heavy atom. The van der Waals surface area contributed by atoms with Crippen LogP contribution in [0.5, 0.6) is 0 Å². The Balaban J connectivity index is 1.78. The Bertz CT molecular complexity index is 490. The first-order valence-corrected chi connectivity index (χ1v) is 7.56. The molecule has 118 valence electrons. The third-order valence-corrected chi connectivity index (χ3v) is 4.43. The fourth-order valence-electron chi connectivity index (χ4n) is 2.89. The lowest BCUT2D eigenvalue weighted by Gasteiger charge is -2.29. The van der Waals surface area contributed by atoms with E-state index in [-0.39, 0.29) is 5.91 Å². The lowest BCUT2D eigenvalue weighted by atomic mass is 9.94. The number of carbonyl (C=O) groups is 1. The van der Waals surface area contributed by atoms with Gasteiger partial charge in [-0.2, -0.15) is 10.2 Å². The van der Waals surface area contributed by atoms with E-state index < -0.39 is 0 Å². The van der Waals surface area contributed by atoms with Gasteiger partial charge in [-0.05, 0) is 32.6 Å². The Hall–Kier alpha value is -1.40. The van der Waals surface area contributed by atoms with Crippen LogP contribution in [0.25, 0.3) is 0 Å². The van der Waals surface area contributed by atoms with Gasteiger partial charge >= 0.3 is 0 Å². The van der Waals surface area contributed by atoms with Crippen molar-refractivity contribution in [2.45, 2.75) is 39.7 Å². The average molecular weight is 294 g/mol. The molecule has 0 spiro atoms. The summed E-state index contributed by atoms with van der Waals surface area (Å²) in [6.45, 7) is 6.41. The van der Waals surface area contributed by atoms with Gasteiger partial charge in [-0.25, -0.2) is 0 Å². The summed E-state index contributed by atoms with van der Waals surface area (Å²) in [7, 11) is 3.63. The van der Waals surface area contributed by atoms with E-state index in [0.717, 1.165) is 42.9 Å². The van der Waals surface area contributed by atoms with E-state index in [1.165, 1.54) is 0 Å². The lowest BCUT2D eigenvalue weighted by molar-refractivity contribution is -0.149. The fraction of sp³-hybridized carbons (Fsp3) is 0.733. The van der Waals surface area contributed by atoms with Crippen LogP contribution >= 0.6 is 0 Å². The van der Waals surface area contributed by atoms with Gasteiger partial charge in [0.1, 0.15) is 0 Å². The van der Waals surface area contributed by atoms with Gasteiger partial charge in [0, 0.05) is 44.4 Å². The number of nitrogens with one attached hydrogen (secondary N) is 1. The second-order valence-electron chi connectivity index (χ2n) is 5.81. The molecule has 0 bridgehead atoms. The number of hydrogen-bond acceptors (Lipinski definition) is 4. The zero-order chi connectivity index (χ0) is 15.4. The summed E-state index contributed by atoms with van der Waals surface area (Å²) < 4.78 is 1.86. The van der Waals surface area contributed by atoms with E-state index in [1.807, 2.05) is 30.6 Å². The van der Waals surface area contributed by atoms with Crippen molar-refractivity contribution in [1.29, 1.82) is 0 Å². The Morgan fingerprint density at radius 1 is 1.38 bits per heavy atom. The summed E-state index contributed by atoms with van der Waals surface area (Å²) in [5.74, 6) is 0.598. The van der Waals surface area contributed by atoms with Gasteiger partial charge < -0.3 is 10.2 Å². The van der Waals surface area contributed by atoms with Crippen molar-refractivity contribution in [3.63, 3.8) is 0 Å². The molecular formula is C15H26N4O2. The smallest absolute Gasteiger partial charge is 0.220 e. The Kier molecular flexibility index (Phi) is 5.36. The molecule has 6 heteroatoms. The van der Waals surface area contributed by atoms with E-state index in [1.54, 1.807) is 7.11 Å². The topological polar surface area (TPSA) is 59.4 Å². The van der Waals surface area contributed by atoms with Crippen molar-refractivity contribution in [2.24, 2.45) is 13.0 Å². The number of rotatable bonds is 5. The number of aryl methyl sites for hydroxylation is 2. The molecule has 0 aliphatic carbocycles. The van der Waals surface area contributed by atoms with Gasteiger partial charge in [-0.15, -0.1) is 0 Å². The quantitative estimate of drug-likeness (QED) is 0.890. The normalized spacial score (nSPS) is 17.1. The molecule has 2 rings (SSSR count). The van der Waals surface area contributed by atoms with Crippen LogP contribution in [0.3, 0.4) is 0 Å². The van der Waals surface area contributed by atoms with Crippen molar-refractivity contribution >= 4 is 5.91 Å². The van der Waals surface area contributed by atoms with E-state index in [4.69, 9.17) is 4.84 Å². The van der Waals surface area contributed by atoms with Gasteiger partial charge in [0.2, 0.25) is 5.91 Å². The molecule has 1 fully saturated rings. The molecule has 1 N–H and O–H groups in total. The number of hydroxylamine groups is 2. The minimum absolute atomic E-state index is 0.133. The summed E-state index contributed by atoms with van der Waals surface area (Å²) >= 11 is 0. The molecular weight excluding hydrogens is 268 g/mol. The first-order chi connectivity index (χ1) is 10.0. The predicted octanol–water partition coefficient (Wildman–Crippen LogP) is 1.32. The molecule has 1 aliphatic heterocycles. The van der Waals surface area contributed by atoms with Crippen LogP contribution in [0.15, 0.2) is 0 Å². The van der Waals surface area contributed by atoms with E-state index in [0.29, 0.717) is 18.9 Å². The van der Waals surface area contributed by atoms with Crippen molar-refractivity contribution in [3.8, 4) is 0 Å². The maximum atomic E-state index is 12.1. The third kappa shape index (κ3) is 4.04. The fourth-order valence-corrected chi connectivity index (χ4v) is 2.89. The van der Waals surface area contributed by atoms with Gasteiger partial charge in [0.25, 0.3) is 0 Å². The maximum absolute atomic E-state index is 12.1. The van der Waals surface area contributed by atoms with Crippen LogP contribution in [-0.4, -0.2) is 41.0 Å². The van der Waals surface area contributed by atoms with E-state index in [2.05, 4.69) is 10.4 Å². The second-order valence-corrected chi connectivity index (χ2v) is 5.81. The summed E-state index contributed by atoms with van der Waals surface area (Å²) in [5.41, 5.74) is 3.23. The zero-order valence-electron chi connectivity index (χ0n) is 13.5. The molecule has 1 aliphatic rings. The van der Waals surface area contributed by atoms with Gasteiger partial charge in [-0.1, -0.05) is 0 Å². The highest BCUT2D eigenvalue weighted by Gasteiger charge is 2.21. The molecule has 0 aromatic carbocycles. The van der Waals surface area contributed by atoms with Crippen LogP contribution < -0.4 is 5.32 Å². The SMILES string of the molecule is CON1CCC(CC(=O)NCc2c(C)nn(C)c2C)CC1. The minimum atomic E-state index is 0.133. The van der Waals surface area contributed by atoms with Crippen LogP contribution in [0.1, 0.15) is 36.2 Å². The summed E-state index contributed by atoms with van der Waals surface area (Å²) in [4.78, 5) is 17.3. The molecule has 0 unspecified atom stereocenters. The average Bonchev–Trinajstić information content (AvgIpc) is 2.71. The highest BCUT2D eigenvalue weighted by molar-refractivity contribution is 5.76. The van der Waals surface area contributed by atoms with Crippen LogP contribution in [0.2, 0.25) is 0 Å². The molecule has 0 radical (unpaired) electrons. The molecule has 1 aromatic rings. The number of piperidine rings is 1. The first-order valence-electron chi connectivity index (χ1n) is 7.56. The molecule has 1 saturated heterocycles. The largest absolute Gasteiger partial charge is 0.352 e. The van der Waals surface area contributed by atoms with Crippen molar-refractivity contribution in [2.75, 3.05) is 20.2 Å². The van der Waals surface area contributed by atoms with E-state index >= 15 is 0 Å². The third-order valence-electron chi connectivity index (χ3n) is 4.43. The summed E-state index contributed by atoms with van der Waals surface area (Å²) in [6.07, 6.45) is 2.65.